The second-order valence-electron chi connectivity index (χ2n) is 5.96. The van der Waals surface area contributed by atoms with E-state index in [-0.39, 0.29) is 0 Å². The lowest BCUT2D eigenvalue weighted by atomic mass is 10.1. The number of ether oxygens (including phenoxy) is 2. The van der Waals surface area contributed by atoms with Crippen LogP contribution in [0.4, 0.5) is 0 Å². The highest BCUT2D eigenvalue weighted by Crippen LogP contribution is 2.22. The summed E-state index contributed by atoms with van der Waals surface area (Å²) >= 11 is 0. The Morgan fingerprint density at radius 1 is 1.04 bits per heavy atom. The van der Waals surface area contributed by atoms with Crippen LogP contribution >= 0.6 is 0 Å². The van der Waals surface area contributed by atoms with Gasteiger partial charge in [0.05, 0.1) is 24.8 Å². The van der Waals surface area contributed by atoms with E-state index in [2.05, 4.69) is 18.0 Å². The summed E-state index contributed by atoms with van der Waals surface area (Å²) in [5, 5.41) is 10.2. The minimum absolute atomic E-state index is 0.592. The third-order valence-corrected chi connectivity index (χ3v) is 4.05. The number of aryl methyl sites for hydroxylation is 1. The molecule has 3 rings (SSSR count). The van der Waals surface area contributed by atoms with E-state index in [4.69, 9.17) is 14.7 Å². The van der Waals surface area contributed by atoms with Crippen molar-refractivity contribution in [3.63, 3.8) is 0 Å². The van der Waals surface area contributed by atoms with E-state index in [9.17, 15) is 0 Å². The highest BCUT2D eigenvalue weighted by atomic mass is 16.5. The van der Waals surface area contributed by atoms with Gasteiger partial charge in [-0.1, -0.05) is 13.3 Å². The molecule has 4 nitrogen and oxygen atoms in total. The Balaban J connectivity index is 1.49. The highest BCUT2D eigenvalue weighted by molar-refractivity contribution is 5.80. The van der Waals surface area contributed by atoms with E-state index in [1.165, 1.54) is 0 Å². The van der Waals surface area contributed by atoms with Gasteiger partial charge in [-0.25, -0.2) is 0 Å². The zero-order valence-electron chi connectivity index (χ0n) is 14.4. The quantitative estimate of drug-likeness (QED) is 0.600. The number of aromatic amines is 1. The molecule has 0 amide bonds. The van der Waals surface area contributed by atoms with Gasteiger partial charge in [0.15, 0.2) is 0 Å². The van der Waals surface area contributed by atoms with Gasteiger partial charge in [-0.2, -0.15) is 5.26 Å². The zero-order valence-corrected chi connectivity index (χ0v) is 14.4. The maximum absolute atomic E-state index is 9.02. The molecule has 128 valence electrons. The molecule has 0 radical (unpaired) electrons. The van der Waals surface area contributed by atoms with Crippen LogP contribution in [0.3, 0.4) is 0 Å². The van der Waals surface area contributed by atoms with E-state index in [0.29, 0.717) is 18.8 Å². The van der Waals surface area contributed by atoms with Crippen molar-refractivity contribution in [2.45, 2.75) is 26.2 Å². The van der Waals surface area contributed by atoms with Gasteiger partial charge in [-0.15, -0.1) is 0 Å². The summed E-state index contributed by atoms with van der Waals surface area (Å²) in [6.07, 6.45) is 4.67. The maximum Gasteiger partial charge on any atom is 0.122 e. The first-order chi connectivity index (χ1) is 12.3. The van der Waals surface area contributed by atoms with Gasteiger partial charge in [0, 0.05) is 23.5 Å². The Bertz CT molecular complexity index is 877. The Labute approximate surface area is 148 Å². The molecule has 1 aromatic heterocycles. The highest BCUT2D eigenvalue weighted by Gasteiger charge is 2.05. The SMILES string of the molecule is CCCc1cc(C#N)ccc1OCCCOc1ccc2[nH]ccc2c1. The summed E-state index contributed by atoms with van der Waals surface area (Å²) in [5.74, 6) is 1.74. The number of H-pyrrole nitrogens is 1. The number of benzene rings is 2. The summed E-state index contributed by atoms with van der Waals surface area (Å²) in [5.41, 5.74) is 2.89. The normalized spacial score (nSPS) is 10.6. The van der Waals surface area contributed by atoms with Crippen molar-refractivity contribution >= 4 is 10.9 Å². The fraction of sp³-hybridized carbons (Fsp3) is 0.286. The van der Waals surface area contributed by atoms with Crippen LogP contribution in [-0.2, 0) is 6.42 Å². The van der Waals surface area contributed by atoms with E-state index < -0.39 is 0 Å². The summed E-state index contributed by atoms with van der Waals surface area (Å²) in [6, 6.07) is 15.9. The second-order valence-corrected chi connectivity index (χ2v) is 5.96. The zero-order chi connectivity index (χ0) is 17.5. The largest absolute Gasteiger partial charge is 0.493 e. The summed E-state index contributed by atoms with van der Waals surface area (Å²) in [7, 11) is 0. The Hall–Kier alpha value is -2.93. The van der Waals surface area contributed by atoms with E-state index >= 15 is 0 Å². The monoisotopic (exact) mass is 334 g/mol. The maximum atomic E-state index is 9.02. The molecule has 0 aliphatic rings. The van der Waals surface area contributed by atoms with E-state index in [1.807, 2.05) is 42.6 Å². The molecule has 0 spiro atoms. The average molecular weight is 334 g/mol. The van der Waals surface area contributed by atoms with Crippen molar-refractivity contribution < 1.29 is 9.47 Å². The van der Waals surface area contributed by atoms with Crippen LogP contribution in [0.5, 0.6) is 11.5 Å². The molecular formula is C21H22N2O2. The van der Waals surface area contributed by atoms with Crippen molar-refractivity contribution in [2.75, 3.05) is 13.2 Å². The molecule has 0 saturated carbocycles. The minimum Gasteiger partial charge on any atom is -0.493 e. The molecule has 25 heavy (non-hydrogen) atoms. The summed E-state index contributed by atoms with van der Waals surface area (Å²) in [4.78, 5) is 3.17. The lowest BCUT2D eigenvalue weighted by Crippen LogP contribution is -2.06. The van der Waals surface area contributed by atoms with Gasteiger partial charge in [-0.05, 0) is 54.4 Å². The van der Waals surface area contributed by atoms with Gasteiger partial charge >= 0.3 is 0 Å². The van der Waals surface area contributed by atoms with Gasteiger partial charge < -0.3 is 14.5 Å². The first kappa shape index (κ1) is 16.9. The number of rotatable bonds is 8. The minimum atomic E-state index is 0.592. The average Bonchev–Trinajstić information content (AvgIpc) is 3.10. The molecule has 1 heterocycles. The number of nitrogens with one attached hydrogen (secondary N) is 1. The van der Waals surface area contributed by atoms with Crippen LogP contribution < -0.4 is 9.47 Å². The lowest BCUT2D eigenvalue weighted by Gasteiger charge is -2.12. The Morgan fingerprint density at radius 2 is 1.92 bits per heavy atom. The van der Waals surface area contributed by atoms with Crippen LogP contribution in [0.1, 0.15) is 30.9 Å². The van der Waals surface area contributed by atoms with Crippen LogP contribution in [0.25, 0.3) is 10.9 Å². The van der Waals surface area contributed by atoms with E-state index in [0.717, 1.165) is 47.2 Å². The smallest absolute Gasteiger partial charge is 0.122 e. The third-order valence-electron chi connectivity index (χ3n) is 4.05. The van der Waals surface area contributed by atoms with Gasteiger partial charge in [0.25, 0.3) is 0 Å². The summed E-state index contributed by atoms with van der Waals surface area (Å²) < 4.78 is 11.7. The van der Waals surface area contributed by atoms with Crippen molar-refractivity contribution in [3.05, 3.63) is 59.8 Å². The number of hydrogen-bond acceptors (Lipinski definition) is 3. The summed E-state index contributed by atoms with van der Waals surface area (Å²) in [6.45, 7) is 3.32. The Kier molecular flexibility index (Phi) is 5.58. The molecule has 0 bridgehead atoms. The second kappa shape index (κ2) is 8.25. The van der Waals surface area contributed by atoms with Crippen LogP contribution in [0, 0.1) is 11.3 Å². The molecule has 0 aliphatic carbocycles. The van der Waals surface area contributed by atoms with Crippen LogP contribution in [0.2, 0.25) is 0 Å². The predicted molar refractivity (Wildman–Crippen MR) is 99.1 cm³/mol. The molecule has 0 atom stereocenters. The van der Waals surface area contributed by atoms with E-state index in [1.54, 1.807) is 6.07 Å². The molecule has 0 unspecified atom stereocenters. The fourth-order valence-corrected chi connectivity index (χ4v) is 2.81. The molecule has 1 N–H and O–H groups in total. The number of aromatic nitrogens is 1. The Morgan fingerprint density at radius 3 is 2.76 bits per heavy atom. The number of fused-ring (bicyclic) bond motifs is 1. The van der Waals surface area contributed by atoms with Gasteiger partial charge in [0.2, 0.25) is 0 Å². The van der Waals surface area contributed by atoms with Crippen LogP contribution in [0.15, 0.2) is 48.7 Å². The molecule has 4 heteroatoms. The number of nitriles is 1. The first-order valence-corrected chi connectivity index (χ1v) is 8.66. The fourth-order valence-electron chi connectivity index (χ4n) is 2.81. The number of hydrogen-bond donors (Lipinski definition) is 1. The molecular weight excluding hydrogens is 312 g/mol. The van der Waals surface area contributed by atoms with Crippen molar-refractivity contribution in [1.82, 2.24) is 4.98 Å². The molecule has 0 aliphatic heterocycles. The standard InChI is InChI=1S/C21H22N2O2/c1-2-4-18-13-16(15-22)5-8-21(18)25-12-3-11-24-19-6-7-20-17(14-19)9-10-23-20/h5-10,13-14,23H,2-4,11-12H2,1H3. The lowest BCUT2D eigenvalue weighted by molar-refractivity contribution is 0.246. The van der Waals surface area contributed by atoms with Crippen molar-refractivity contribution in [1.29, 1.82) is 5.26 Å². The molecule has 0 fully saturated rings. The topological polar surface area (TPSA) is 58.0 Å². The predicted octanol–water partition coefficient (Wildman–Crippen LogP) is 4.84. The molecule has 2 aromatic carbocycles. The molecule has 0 saturated heterocycles. The molecule has 3 aromatic rings. The van der Waals surface area contributed by atoms with Crippen molar-refractivity contribution in [3.8, 4) is 17.6 Å². The van der Waals surface area contributed by atoms with Gasteiger partial charge in [-0.3, -0.25) is 0 Å². The van der Waals surface area contributed by atoms with Crippen molar-refractivity contribution in [2.24, 2.45) is 0 Å². The van der Waals surface area contributed by atoms with Gasteiger partial charge in [0.1, 0.15) is 11.5 Å². The first-order valence-electron chi connectivity index (χ1n) is 8.66. The third kappa shape index (κ3) is 4.33. The van der Waals surface area contributed by atoms with Crippen LogP contribution in [-0.4, -0.2) is 18.2 Å². The number of nitrogens with zero attached hydrogens (tertiary/aromatic N) is 1.